The quantitative estimate of drug-likeness (QED) is 0.246. The summed E-state index contributed by atoms with van der Waals surface area (Å²) in [6.07, 6.45) is 0.373. The third-order valence-electron chi connectivity index (χ3n) is 1.78. The van der Waals surface area contributed by atoms with Crippen molar-refractivity contribution in [3.8, 4) is 0 Å². The van der Waals surface area contributed by atoms with E-state index in [1.165, 1.54) is 0 Å². The van der Waals surface area contributed by atoms with Gasteiger partial charge in [0.05, 0.1) is 6.61 Å². The van der Waals surface area contributed by atoms with Crippen molar-refractivity contribution in [2.24, 2.45) is 0 Å². The molecule has 0 radical (unpaired) electrons. The molecule has 2 N–H and O–H groups in total. The summed E-state index contributed by atoms with van der Waals surface area (Å²) in [6, 6.07) is 0.486. The molecule has 0 aliphatic rings. The number of alkyl carbamates (subject to hydrolysis) is 1. The minimum absolute atomic E-state index is 0.256. The number of nitrogens with one attached hydrogen (secondary N) is 2. The molecule has 0 heterocycles. The van der Waals surface area contributed by atoms with Gasteiger partial charge < -0.3 is 20.1 Å². The highest BCUT2D eigenvalue weighted by molar-refractivity contribution is 8.68. The molecule has 0 aliphatic carbocycles. The van der Waals surface area contributed by atoms with Crippen LogP contribution in [0.1, 0.15) is 20.3 Å². The van der Waals surface area contributed by atoms with Gasteiger partial charge in [-0.3, -0.25) is 0 Å². The van der Waals surface area contributed by atoms with E-state index in [2.05, 4.69) is 36.1 Å². The molecular weight excluding hydrogens is 260 g/mol. The highest BCUT2D eigenvalue weighted by atomic mass is 33.1. The summed E-state index contributed by atoms with van der Waals surface area (Å²) in [5, 5.41) is 5.88. The lowest BCUT2D eigenvalue weighted by atomic mass is 10.4. The molecular formula is C10H22N2O3S2. The molecule has 0 bridgehead atoms. The topological polar surface area (TPSA) is 59.6 Å². The van der Waals surface area contributed by atoms with Gasteiger partial charge in [0, 0.05) is 25.7 Å². The van der Waals surface area contributed by atoms with Crippen LogP contribution in [0.15, 0.2) is 0 Å². The first-order valence-electron chi connectivity index (χ1n) is 5.65. The third kappa shape index (κ3) is 13.8. The van der Waals surface area contributed by atoms with Crippen LogP contribution in [0, 0.1) is 0 Å². The molecule has 0 unspecified atom stereocenters. The van der Waals surface area contributed by atoms with Crippen molar-refractivity contribution in [3.63, 3.8) is 0 Å². The molecule has 0 atom stereocenters. The maximum Gasteiger partial charge on any atom is 0.408 e. The second-order valence-electron chi connectivity index (χ2n) is 3.68. The summed E-state index contributed by atoms with van der Waals surface area (Å²) in [7, 11) is 1.16. The molecule has 0 aromatic rings. The first-order chi connectivity index (χ1) is 8.16. The van der Waals surface area contributed by atoms with Crippen LogP contribution >= 0.6 is 22.5 Å². The van der Waals surface area contributed by atoms with Crippen molar-refractivity contribution in [2.75, 3.05) is 32.2 Å². The van der Waals surface area contributed by atoms with E-state index in [4.69, 9.17) is 9.47 Å². The predicted molar refractivity (Wildman–Crippen MR) is 74.5 cm³/mol. The lowest BCUT2D eigenvalue weighted by Gasteiger charge is -2.09. The molecule has 1 amide bonds. The van der Waals surface area contributed by atoms with Gasteiger partial charge in [-0.2, -0.15) is 0 Å². The fourth-order valence-electron chi connectivity index (χ4n) is 1.02. The molecule has 17 heavy (non-hydrogen) atoms. The Morgan fingerprint density at radius 1 is 1.35 bits per heavy atom. The molecule has 0 rings (SSSR count). The minimum atomic E-state index is -0.409. The van der Waals surface area contributed by atoms with Crippen molar-refractivity contribution in [3.05, 3.63) is 0 Å². The number of rotatable bonds is 10. The first kappa shape index (κ1) is 16.9. The van der Waals surface area contributed by atoms with Crippen LogP contribution in [0.2, 0.25) is 0 Å². The summed E-state index contributed by atoms with van der Waals surface area (Å²) in [6.45, 7) is 6.94. The average molecular weight is 282 g/mol. The van der Waals surface area contributed by atoms with Gasteiger partial charge in [0.25, 0.3) is 0 Å². The molecule has 0 aromatic carbocycles. The Bertz CT molecular complexity index is 194. The Kier molecular flexibility index (Phi) is 12.3. The van der Waals surface area contributed by atoms with Gasteiger partial charge in [0.15, 0.2) is 0 Å². The van der Waals surface area contributed by atoms with E-state index in [0.717, 1.165) is 23.8 Å². The Morgan fingerprint density at radius 2 is 2.12 bits per heavy atom. The maximum absolute atomic E-state index is 11.0. The van der Waals surface area contributed by atoms with E-state index < -0.39 is 6.09 Å². The summed E-state index contributed by atoms with van der Waals surface area (Å²) >= 11 is 3.85. The highest BCUT2D eigenvalue weighted by Gasteiger charge is 1.99. The second kappa shape index (κ2) is 12.3. The number of carbonyl (C=O) groups excluding carboxylic acids is 1. The number of thiol groups is 1. The van der Waals surface area contributed by atoms with E-state index >= 15 is 0 Å². The summed E-state index contributed by atoms with van der Waals surface area (Å²) in [5.74, 6) is 0.256. The van der Waals surface area contributed by atoms with Crippen LogP contribution in [0.3, 0.4) is 0 Å². The van der Waals surface area contributed by atoms with Crippen molar-refractivity contribution in [2.45, 2.75) is 26.3 Å². The Morgan fingerprint density at radius 3 is 2.76 bits per heavy atom. The van der Waals surface area contributed by atoms with E-state index in [1.54, 1.807) is 0 Å². The monoisotopic (exact) mass is 282 g/mol. The molecule has 0 spiro atoms. The molecule has 0 aromatic heterocycles. The van der Waals surface area contributed by atoms with Crippen LogP contribution in [0.25, 0.3) is 0 Å². The van der Waals surface area contributed by atoms with Gasteiger partial charge in [-0.1, -0.05) is 24.6 Å². The Balaban J connectivity index is 3.10. The van der Waals surface area contributed by atoms with Crippen LogP contribution in [0.4, 0.5) is 4.79 Å². The molecule has 0 fully saturated rings. The summed E-state index contributed by atoms with van der Waals surface area (Å²) < 4.78 is 10.1. The molecule has 5 nitrogen and oxygen atoms in total. The average Bonchev–Trinajstić information content (AvgIpc) is 2.29. The number of amides is 1. The second-order valence-corrected chi connectivity index (χ2v) is 4.95. The lowest BCUT2D eigenvalue weighted by molar-refractivity contribution is 0.129. The number of hydrogen-bond donors (Lipinski definition) is 3. The number of ether oxygens (including phenoxy) is 2. The Hall–Kier alpha value is -0.110. The van der Waals surface area contributed by atoms with Gasteiger partial charge in [0.1, 0.15) is 5.94 Å². The maximum atomic E-state index is 11.0. The third-order valence-corrected chi connectivity index (χ3v) is 2.32. The van der Waals surface area contributed by atoms with Gasteiger partial charge in [0.2, 0.25) is 0 Å². The highest BCUT2D eigenvalue weighted by Crippen LogP contribution is 2.03. The lowest BCUT2D eigenvalue weighted by Crippen LogP contribution is -2.28. The number of carbonyl (C=O) groups is 1. The Labute approximate surface area is 112 Å². The smallest absolute Gasteiger partial charge is 0.408 e. The van der Waals surface area contributed by atoms with Crippen molar-refractivity contribution in [1.82, 2.24) is 10.6 Å². The van der Waals surface area contributed by atoms with Gasteiger partial charge in [-0.15, -0.1) is 11.7 Å². The molecule has 0 saturated heterocycles. The molecule has 7 heteroatoms. The molecule has 102 valence electrons. The summed E-state index contributed by atoms with van der Waals surface area (Å²) in [5.41, 5.74) is 0. The normalized spacial score (nSPS) is 10.6. The van der Waals surface area contributed by atoms with Crippen molar-refractivity contribution in [1.29, 1.82) is 0 Å². The van der Waals surface area contributed by atoms with Crippen molar-refractivity contribution >= 4 is 28.5 Å². The molecule has 0 aliphatic heterocycles. The van der Waals surface area contributed by atoms with Crippen LogP contribution in [0.5, 0.6) is 0 Å². The predicted octanol–water partition coefficient (Wildman–Crippen LogP) is 1.65. The van der Waals surface area contributed by atoms with Crippen LogP contribution in [-0.2, 0) is 9.47 Å². The van der Waals surface area contributed by atoms with E-state index in [-0.39, 0.29) is 5.94 Å². The van der Waals surface area contributed by atoms with Crippen LogP contribution in [-0.4, -0.2) is 44.4 Å². The van der Waals surface area contributed by atoms with Gasteiger partial charge in [-0.25, -0.2) is 4.79 Å². The zero-order valence-electron chi connectivity index (χ0n) is 10.4. The first-order valence-corrected chi connectivity index (χ1v) is 7.68. The van der Waals surface area contributed by atoms with E-state index in [9.17, 15) is 4.79 Å². The van der Waals surface area contributed by atoms with Gasteiger partial charge in [-0.05, 0) is 6.42 Å². The fourth-order valence-corrected chi connectivity index (χ4v) is 1.34. The largest absolute Gasteiger partial charge is 0.438 e. The molecule has 0 saturated carbocycles. The fraction of sp³-hybridized carbons (Fsp3) is 0.900. The standard InChI is InChI=1S/C10H22N2O3S2/c1-9(2)11-5-7-14-6-3-4-12-10(13)15-8-17-16/h9,11,16H,3-8H2,1-2H3,(H,12,13). The van der Waals surface area contributed by atoms with Gasteiger partial charge >= 0.3 is 6.09 Å². The van der Waals surface area contributed by atoms with Crippen LogP contribution < -0.4 is 10.6 Å². The zero-order chi connectivity index (χ0) is 12.9. The number of hydrogen-bond acceptors (Lipinski definition) is 6. The minimum Gasteiger partial charge on any atom is -0.438 e. The SMILES string of the molecule is CC(C)NCCOCCCNC(=O)OCSS. The zero-order valence-corrected chi connectivity index (χ0v) is 12.1. The van der Waals surface area contributed by atoms with E-state index in [1.807, 2.05) is 0 Å². The van der Waals surface area contributed by atoms with Crippen molar-refractivity contribution < 1.29 is 14.3 Å². The van der Waals surface area contributed by atoms with E-state index in [0.29, 0.717) is 25.8 Å². The summed E-state index contributed by atoms with van der Waals surface area (Å²) in [4.78, 5) is 11.0.